The van der Waals surface area contributed by atoms with Crippen LogP contribution in [0.5, 0.6) is 11.5 Å². The Morgan fingerprint density at radius 2 is 1.82 bits per heavy atom. The molecule has 34 heavy (non-hydrogen) atoms. The van der Waals surface area contributed by atoms with Crippen molar-refractivity contribution in [3.63, 3.8) is 0 Å². The topological polar surface area (TPSA) is 83.5 Å². The van der Waals surface area contributed by atoms with Crippen LogP contribution in [0.2, 0.25) is 0 Å². The molecule has 180 valence electrons. The number of hydrogen-bond donors (Lipinski definition) is 1. The molecule has 2 aliphatic heterocycles. The van der Waals surface area contributed by atoms with Crippen LogP contribution < -0.4 is 14.8 Å². The SMILES string of the molecule is Cc1ccc(C2=NN(C(=O)CN(C)C(=O)NC(C)(C)C)C(c3ccc4c(c3)OCO4)C2)cc1C. The second-order valence-electron chi connectivity index (χ2n) is 9.95. The first-order valence-electron chi connectivity index (χ1n) is 11.4. The number of nitrogens with one attached hydrogen (secondary N) is 1. The molecule has 0 spiro atoms. The van der Waals surface area contributed by atoms with Crippen molar-refractivity contribution < 1.29 is 19.1 Å². The smallest absolute Gasteiger partial charge is 0.318 e. The highest BCUT2D eigenvalue weighted by atomic mass is 16.7. The van der Waals surface area contributed by atoms with E-state index in [0.717, 1.165) is 16.8 Å². The summed E-state index contributed by atoms with van der Waals surface area (Å²) in [5.41, 5.74) is 4.70. The molecule has 0 saturated heterocycles. The molecule has 3 amide bonds. The third-order valence-corrected chi connectivity index (χ3v) is 5.99. The third kappa shape index (κ3) is 5.00. The number of likely N-dealkylation sites (N-methyl/N-ethyl adjacent to an activating group) is 1. The third-order valence-electron chi connectivity index (χ3n) is 5.99. The number of carbonyl (C=O) groups is 2. The summed E-state index contributed by atoms with van der Waals surface area (Å²) in [6, 6.07) is 11.3. The van der Waals surface area contributed by atoms with Gasteiger partial charge in [0, 0.05) is 19.0 Å². The standard InChI is InChI=1S/C26H32N4O4/c1-16-7-8-18(11-17(16)2)20-13-21(19-9-10-22-23(12-19)34-15-33-22)30(28-20)24(31)14-29(6)25(32)27-26(3,4)5/h7-12,21H,13-15H2,1-6H3,(H,27,32). The van der Waals surface area contributed by atoms with Crippen LogP contribution in [-0.2, 0) is 4.79 Å². The van der Waals surface area contributed by atoms with E-state index in [0.29, 0.717) is 17.9 Å². The highest BCUT2D eigenvalue weighted by Crippen LogP contribution is 2.39. The first kappa shape index (κ1) is 23.6. The number of aryl methyl sites for hydroxylation is 2. The second kappa shape index (κ2) is 9.00. The Labute approximate surface area is 200 Å². The van der Waals surface area contributed by atoms with Crippen LogP contribution in [0.15, 0.2) is 41.5 Å². The molecule has 2 aliphatic rings. The molecule has 1 atom stereocenters. The van der Waals surface area contributed by atoms with Gasteiger partial charge >= 0.3 is 6.03 Å². The predicted octanol–water partition coefficient (Wildman–Crippen LogP) is 4.15. The Balaban J connectivity index is 1.61. The first-order valence-corrected chi connectivity index (χ1v) is 11.4. The lowest BCUT2D eigenvalue weighted by molar-refractivity contribution is -0.133. The summed E-state index contributed by atoms with van der Waals surface area (Å²) in [6.07, 6.45) is 0.561. The van der Waals surface area contributed by atoms with E-state index in [1.54, 1.807) is 7.05 Å². The first-order chi connectivity index (χ1) is 16.0. The minimum absolute atomic E-state index is 0.0906. The van der Waals surface area contributed by atoms with Crippen LogP contribution in [-0.4, -0.2) is 53.5 Å². The molecule has 0 saturated carbocycles. The largest absolute Gasteiger partial charge is 0.454 e. The molecule has 0 aromatic heterocycles. The molecule has 2 aromatic rings. The van der Waals surface area contributed by atoms with Crippen LogP contribution >= 0.6 is 0 Å². The lowest BCUT2D eigenvalue weighted by Gasteiger charge is -2.28. The molecule has 1 N–H and O–H groups in total. The Morgan fingerprint density at radius 1 is 1.09 bits per heavy atom. The van der Waals surface area contributed by atoms with E-state index < -0.39 is 5.54 Å². The van der Waals surface area contributed by atoms with E-state index in [-0.39, 0.29) is 31.3 Å². The molecule has 2 heterocycles. The van der Waals surface area contributed by atoms with Crippen LogP contribution in [0.1, 0.15) is 55.5 Å². The van der Waals surface area contributed by atoms with Crippen LogP contribution in [0.4, 0.5) is 4.79 Å². The average molecular weight is 465 g/mol. The summed E-state index contributed by atoms with van der Waals surface area (Å²) < 4.78 is 11.0. The van der Waals surface area contributed by atoms with Gasteiger partial charge in [-0.15, -0.1) is 0 Å². The molecule has 0 aliphatic carbocycles. The van der Waals surface area contributed by atoms with E-state index in [4.69, 9.17) is 14.6 Å². The number of hydrogen-bond acceptors (Lipinski definition) is 5. The molecule has 8 heteroatoms. The molecule has 8 nitrogen and oxygen atoms in total. The molecular formula is C26H32N4O4. The number of carbonyl (C=O) groups excluding carboxylic acids is 2. The van der Waals surface area contributed by atoms with Crippen molar-refractivity contribution >= 4 is 17.6 Å². The number of hydrazone groups is 1. The monoisotopic (exact) mass is 464 g/mol. The maximum Gasteiger partial charge on any atom is 0.318 e. The zero-order chi connectivity index (χ0) is 24.6. The quantitative estimate of drug-likeness (QED) is 0.737. The molecule has 0 fully saturated rings. The zero-order valence-electron chi connectivity index (χ0n) is 20.6. The maximum atomic E-state index is 13.4. The summed E-state index contributed by atoms with van der Waals surface area (Å²) in [7, 11) is 1.61. The van der Waals surface area contributed by atoms with Crippen molar-refractivity contribution in [1.29, 1.82) is 0 Å². The van der Waals surface area contributed by atoms with Gasteiger partial charge in [0.05, 0.1) is 11.8 Å². The average Bonchev–Trinajstić information content (AvgIpc) is 3.41. The maximum absolute atomic E-state index is 13.4. The lowest BCUT2D eigenvalue weighted by atomic mass is 9.96. The fraction of sp³-hybridized carbons (Fsp3) is 0.423. The summed E-state index contributed by atoms with van der Waals surface area (Å²) in [4.78, 5) is 27.3. The Morgan fingerprint density at radius 3 is 2.53 bits per heavy atom. The number of urea groups is 1. The zero-order valence-corrected chi connectivity index (χ0v) is 20.6. The number of rotatable bonds is 4. The van der Waals surface area contributed by atoms with Gasteiger partial charge in [-0.25, -0.2) is 9.80 Å². The Bertz CT molecular complexity index is 1150. The van der Waals surface area contributed by atoms with Gasteiger partial charge in [-0.2, -0.15) is 5.10 Å². The van der Waals surface area contributed by atoms with Gasteiger partial charge in [-0.3, -0.25) is 4.79 Å². The van der Waals surface area contributed by atoms with E-state index in [9.17, 15) is 9.59 Å². The van der Waals surface area contributed by atoms with Crippen LogP contribution in [0, 0.1) is 13.8 Å². The van der Waals surface area contributed by atoms with Crippen molar-refractivity contribution in [3.8, 4) is 11.5 Å². The van der Waals surface area contributed by atoms with E-state index in [1.807, 2.05) is 45.0 Å². The summed E-state index contributed by atoms with van der Waals surface area (Å²) in [6.45, 7) is 9.93. The van der Waals surface area contributed by atoms with Gasteiger partial charge in [0.15, 0.2) is 11.5 Å². The summed E-state index contributed by atoms with van der Waals surface area (Å²) in [5.74, 6) is 1.09. The van der Waals surface area contributed by atoms with Gasteiger partial charge in [-0.1, -0.05) is 18.2 Å². The molecule has 2 aromatic carbocycles. The van der Waals surface area contributed by atoms with E-state index in [1.165, 1.54) is 21.0 Å². The number of ether oxygens (including phenoxy) is 2. The fourth-order valence-electron chi connectivity index (χ4n) is 3.98. The minimum atomic E-state index is -0.397. The number of fused-ring (bicyclic) bond motifs is 1. The normalized spacial score (nSPS) is 16.9. The number of amides is 3. The van der Waals surface area contributed by atoms with Gasteiger partial charge in [0.1, 0.15) is 6.54 Å². The van der Waals surface area contributed by atoms with Crippen LogP contribution in [0.25, 0.3) is 0 Å². The fourth-order valence-corrected chi connectivity index (χ4v) is 3.98. The van der Waals surface area contributed by atoms with Gasteiger partial charge in [-0.05, 0) is 75.1 Å². The van der Waals surface area contributed by atoms with Crippen molar-refractivity contribution in [2.24, 2.45) is 5.10 Å². The van der Waals surface area contributed by atoms with E-state index >= 15 is 0 Å². The molecule has 0 radical (unpaired) electrons. The highest BCUT2D eigenvalue weighted by Gasteiger charge is 2.35. The van der Waals surface area contributed by atoms with Gasteiger partial charge in [0.2, 0.25) is 6.79 Å². The lowest BCUT2D eigenvalue weighted by Crippen LogP contribution is -2.49. The Hall–Kier alpha value is -3.55. The van der Waals surface area contributed by atoms with Crippen LogP contribution in [0.3, 0.4) is 0 Å². The van der Waals surface area contributed by atoms with Crippen molar-refractivity contribution in [2.45, 2.75) is 52.6 Å². The number of nitrogens with zero attached hydrogens (tertiary/aromatic N) is 3. The van der Waals surface area contributed by atoms with Crippen molar-refractivity contribution in [1.82, 2.24) is 15.2 Å². The predicted molar refractivity (Wildman–Crippen MR) is 130 cm³/mol. The van der Waals surface area contributed by atoms with Gasteiger partial charge in [0.25, 0.3) is 5.91 Å². The highest BCUT2D eigenvalue weighted by molar-refractivity contribution is 6.03. The molecular weight excluding hydrogens is 432 g/mol. The summed E-state index contributed by atoms with van der Waals surface area (Å²) >= 11 is 0. The second-order valence-corrected chi connectivity index (χ2v) is 9.95. The van der Waals surface area contributed by atoms with Gasteiger partial charge < -0.3 is 19.7 Å². The minimum Gasteiger partial charge on any atom is -0.454 e. The van der Waals surface area contributed by atoms with E-state index in [2.05, 4.69) is 31.3 Å². The van der Waals surface area contributed by atoms with Crippen molar-refractivity contribution in [3.05, 3.63) is 58.7 Å². The number of benzene rings is 2. The molecule has 4 rings (SSSR count). The molecule has 1 unspecified atom stereocenters. The Kier molecular flexibility index (Phi) is 6.25. The van der Waals surface area contributed by atoms with Crippen molar-refractivity contribution in [2.75, 3.05) is 20.4 Å². The summed E-state index contributed by atoms with van der Waals surface area (Å²) in [5, 5.41) is 9.12. The molecule has 0 bridgehead atoms.